The number of carbonyl (C=O) groups excluding carboxylic acids is 3. The molecule has 1 saturated carbocycles. The number of amides is 3. The van der Waals surface area contributed by atoms with Gasteiger partial charge in [-0.25, -0.2) is 10.1 Å². The van der Waals surface area contributed by atoms with E-state index in [4.69, 9.17) is 0 Å². The number of unbranched alkanes of at least 4 members (excludes halogenated alkanes) is 1. The summed E-state index contributed by atoms with van der Waals surface area (Å²) in [6.45, 7) is 2.56. The Balaban J connectivity index is 1.72. The highest BCUT2D eigenvalue weighted by Crippen LogP contribution is 2.55. The zero-order chi connectivity index (χ0) is 19.4. The van der Waals surface area contributed by atoms with Crippen LogP contribution in [0, 0.1) is 11.3 Å². The highest BCUT2D eigenvalue weighted by atomic mass is 16.5. The number of rotatable bonds is 8. The largest absolute Gasteiger partial charge is 0.330 e. The van der Waals surface area contributed by atoms with Crippen LogP contribution in [0.25, 0.3) is 0 Å². The molecule has 1 spiro atoms. The van der Waals surface area contributed by atoms with Crippen molar-refractivity contribution >= 4 is 24.1 Å². The van der Waals surface area contributed by atoms with Gasteiger partial charge in [-0.05, 0) is 31.1 Å². The molecular formula is C19H28N4O4. The summed E-state index contributed by atoms with van der Waals surface area (Å²) in [5.74, 6) is -0.246. The van der Waals surface area contributed by atoms with E-state index in [0.717, 1.165) is 25.7 Å². The molecule has 1 saturated heterocycles. The summed E-state index contributed by atoms with van der Waals surface area (Å²) < 4.78 is 0. The third-order valence-electron chi connectivity index (χ3n) is 5.75. The summed E-state index contributed by atoms with van der Waals surface area (Å²) in [6.07, 6.45) is 9.47. The lowest BCUT2D eigenvalue weighted by Gasteiger charge is -2.29. The van der Waals surface area contributed by atoms with Gasteiger partial charge in [-0.2, -0.15) is 0 Å². The van der Waals surface area contributed by atoms with E-state index in [1.165, 1.54) is 0 Å². The van der Waals surface area contributed by atoms with Gasteiger partial charge < -0.3 is 10.2 Å². The second-order valence-corrected chi connectivity index (χ2v) is 7.91. The van der Waals surface area contributed by atoms with Crippen molar-refractivity contribution < 1.29 is 19.6 Å². The van der Waals surface area contributed by atoms with Gasteiger partial charge in [0.05, 0.1) is 12.5 Å². The summed E-state index contributed by atoms with van der Waals surface area (Å²) in [5.41, 5.74) is 0.0618. The van der Waals surface area contributed by atoms with Gasteiger partial charge in [-0.3, -0.25) is 19.6 Å². The van der Waals surface area contributed by atoms with E-state index in [0.29, 0.717) is 43.1 Å². The van der Waals surface area contributed by atoms with Crippen LogP contribution in [0.3, 0.4) is 0 Å². The molecule has 3 amide bonds. The Labute approximate surface area is 159 Å². The standard InChI is InChI=1S/C19H28N4O4/c1-2-3-5-14(11-22(27)13-24)18(26)23-12-19(7-8-19)10-15(23)17(25)21-16-6-4-9-20-16/h4,9,13-15,27H,2-3,5-8,10-12H2,1H3,(H,20,21,25)/t14-,15+/m1/s1. The minimum absolute atomic E-state index is 0.0448. The van der Waals surface area contributed by atoms with Gasteiger partial charge >= 0.3 is 0 Å². The van der Waals surface area contributed by atoms with Crippen molar-refractivity contribution in [3.8, 4) is 0 Å². The average molecular weight is 376 g/mol. The van der Waals surface area contributed by atoms with E-state index >= 15 is 0 Å². The summed E-state index contributed by atoms with van der Waals surface area (Å²) in [4.78, 5) is 42.6. The molecule has 0 bridgehead atoms. The molecule has 148 valence electrons. The highest BCUT2D eigenvalue weighted by molar-refractivity contribution is 6.03. The average Bonchev–Trinajstić information content (AvgIpc) is 3.05. The maximum atomic E-state index is 13.2. The van der Waals surface area contributed by atoms with Gasteiger partial charge in [0.15, 0.2) is 0 Å². The van der Waals surface area contributed by atoms with Crippen molar-refractivity contribution in [1.82, 2.24) is 15.3 Å². The van der Waals surface area contributed by atoms with Crippen LogP contribution in [-0.2, 0) is 14.4 Å². The lowest BCUT2D eigenvalue weighted by molar-refractivity contribution is -0.158. The molecule has 8 heteroatoms. The van der Waals surface area contributed by atoms with Crippen molar-refractivity contribution in [2.45, 2.75) is 57.9 Å². The Morgan fingerprint density at radius 3 is 2.89 bits per heavy atom. The van der Waals surface area contributed by atoms with E-state index in [1.54, 1.807) is 11.1 Å². The van der Waals surface area contributed by atoms with Crippen LogP contribution in [-0.4, -0.2) is 58.4 Å². The monoisotopic (exact) mass is 376 g/mol. The van der Waals surface area contributed by atoms with E-state index in [2.05, 4.69) is 10.3 Å². The summed E-state index contributed by atoms with van der Waals surface area (Å²) in [7, 11) is 0. The SMILES string of the molecule is CCCC[C@H](CN(O)C=O)C(=O)N1CC2(CC2)C[C@H]1C(=O)NC1=NC=CC1. The van der Waals surface area contributed by atoms with Gasteiger partial charge in [-0.1, -0.05) is 25.8 Å². The van der Waals surface area contributed by atoms with Gasteiger partial charge in [0.25, 0.3) is 0 Å². The first-order valence-corrected chi connectivity index (χ1v) is 9.72. The van der Waals surface area contributed by atoms with E-state index in [-0.39, 0.29) is 23.8 Å². The molecule has 2 fully saturated rings. The molecule has 2 heterocycles. The normalized spacial score (nSPS) is 23.3. The van der Waals surface area contributed by atoms with Crippen molar-refractivity contribution in [3.05, 3.63) is 12.3 Å². The first kappa shape index (κ1) is 19.5. The Kier molecular flexibility index (Phi) is 5.94. The smallest absolute Gasteiger partial charge is 0.248 e. The van der Waals surface area contributed by atoms with Crippen LogP contribution in [0.2, 0.25) is 0 Å². The molecule has 3 rings (SSSR count). The molecule has 0 radical (unpaired) electrons. The van der Waals surface area contributed by atoms with E-state index in [1.807, 2.05) is 13.0 Å². The minimum atomic E-state index is -0.518. The third-order valence-corrected chi connectivity index (χ3v) is 5.75. The second-order valence-electron chi connectivity index (χ2n) is 7.91. The number of nitrogens with one attached hydrogen (secondary N) is 1. The van der Waals surface area contributed by atoms with Gasteiger partial charge in [-0.15, -0.1) is 0 Å². The molecule has 0 unspecified atom stereocenters. The van der Waals surface area contributed by atoms with Crippen LogP contribution in [0.1, 0.15) is 51.9 Å². The predicted octanol–water partition coefficient (Wildman–Crippen LogP) is 1.45. The number of nitrogens with zero attached hydrogens (tertiary/aromatic N) is 3. The molecular weight excluding hydrogens is 348 g/mol. The molecule has 0 aromatic carbocycles. The number of likely N-dealkylation sites (tertiary alicyclic amines) is 1. The Morgan fingerprint density at radius 2 is 2.30 bits per heavy atom. The maximum absolute atomic E-state index is 13.2. The first-order chi connectivity index (χ1) is 13.0. The number of aliphatic imine (C=N–C) groups is 1. The van der Waals surface area contributed by atoms with Crippen LogP contribution >= 0.6 is 0 Å². The maximum Gasteiger partial charge on any atom is 0.248 e. The molecule has 0 aromatic rings. The van der Waals surface area contributed by atoms with Gasteiger partial charge in [0.1, 0.15) is 11.9 Å². The van der Waals surface area contributed by atoms with Crippen molar-refractivity contribution in [2.24, 2.45) is 16.3 Å². The summed E-state index contributed by atoms with van der Waals surface area (Å²) in [5, 5.41) is 13.0. The minimum Gasteiger partial charge on any atom is -0.330 e. The van der Waals surface area contributed by atoms with Crippen molar-refractivity contribution in [3.63, 3.8) is 0 Å². The molecule has 1 aliphatic carbocycles. The number of hydrogen-bond donors (Lipinski definition) is 2. The third kappa shape index (κ3) is 4.55. The molecule has 2 aliphatic heterocycles. The van der Waals surface area contributed by atoms with Gasteiger partial charge in [0.2, 0.25) is 18.2 Å². The van der Waals surface area contributed by atoms with Crippen LogP contribution in [0.4, 0.5) is 0 Å². The zero-order valence-electron chi connectivity index (χ0n) is 15.8. The van der Waals surface area contributed by atoms with Crippen molar-refractivity contribution in [2.75, 3.05) is 13.1 Å². The Hall–Kier alpha value is -2.22. The topological polar surface area (TPSA) is 102 Å². The number of amidine groups is 1. The fourth-order valence-electron chi connectivity index (χ4n) is 3.98. The Morgan fingerprint density at radius 1 is 1.52 bits per heavy atom. The highest BCUT2D eigenvalue weighted by Gasteiger charge is 2.55. The molecule has 0 aromatic heterocycles. The van der Waals surface area contributed by atoms with Crippen molar-refractivity contribution in [1.29, 1.82) is 0 Å². The second kappa shape index (κ2) is 8.21. The molecule has 2 N–H and O–H groups in total. The van der Waals surface area contributed by atoms with Crippen LogP contribution in [0.15, 0.2) is 17.3 Å². The summed E-state index contributed by atoms with van der Waals surface area (Å²) >= 11 is 0. The first-order valence-electron chi connectivity index (χ1n) is 9.72. The number of carbonyl (C=O) groups is 3. The van der Waals surface area contributed by atoms with E-state index in [9.17, 15) is 19.6 Å². The fraction of sp³-hybridized carbons (Fsp3) is 0.684. The van der Waals surface area contributed by atoms with E-state index < -0.39 is 12.0 Å². The quantitative estimate of drug-likeness (QED) is 0.380. The molecule has 27 heavy (non-hydrogen) atoms. The number of hydrogen-bond acceptors (Lipinski definition) is 5. The lowest BCUT2D eigenvalue weighted by Crippen LogP contribution is -2.50. The van der Waals surface area contributed by atoms with Gasteiger partial charge in [0, 0.05) is 19.2 Å². The molecule has 8 nitrogen and oxygen atoms in total. The van der Waals surface area contributed by atoms with Crippen LogP contribution < -0.4 is 5.32 Å². The summed E-state index contributed by atoms with van der Waals surface area (Å²) in [6, 6.07) is -0.518. The van der Waals surface area contributed by atoms with Crippen LogP contribution in [0.5, 0.6) is 0 Å². The molecule has 2 atom stereocenters. The number of hydroxylamine groups is 2. The fourth-order valence-corrected chi connectivity index (χ4v) is 3.98. The molecule has 3 aliphatic rings. The zero-order valence-corrected chi connectivity index (χ0v) is 15.8. The lowest BCUT2D eigenvalue weighted by atomic mass is 9.99. The Bertz CT molecular complexity index is 656. The predicted molar refractivity (Wildman–Crippen MR) is 98.7 cm³/mol.